The molecule has 20 nitrogen and oxygen atoms in total. The molecule has 0 aromatic rings. The molecule has 1 atom stereocenters. The zero-order valence-corrected chi connectivity index (χ0v) is 18.8. The van der Waals surface area contributed by atoms with Crippen LogP contribution in [-0.2, 0) is 47.9 Å². The van der Waals surface area contributed by atoms with Crippen LogP contribution in [0.2, 0.25) is 0 Å². The second-order valence-electron chi connectivity index (χ2n) is 7.48. The molecular formula is C18H24O20Sr. The van der Waals surface area contributed by atoms with Crippen molar-refractivity contribution in [3.8, 4) is 0 Å². The van der Waals surface area contributed by atoms with Gasteiger partial charge in [-0.1, -0.05) is 0 Å². The molecule has 10 N–H and O–H groups in total. The number of aliphatic carboxylic acids is 8. The molecule has 0 aromatic carbocycles. The molecule has 0 spiro atoms. The van der Waals surface area contributed by atoms with Crippen LogP contribution >= 0.6 is 0 Å². The quantitative estimate of drug-likeness (QED) is 0.0560. The van der Waals surface area contributed by atoms with Gasteiger partial charge in [-0.05, 0) is 0 Å². The van der Waals surface area contributed by atoms with Crippen molar-refractivity contribution >= 4 is 99.2 Å². The van der Waals surface area contributed by atoms with Gasteiger partial charge >= 0.3 is 99.2 Å². The zero-order chi connectivity index (χ0) is 30.6. The molecule has 0 amide bonds. The van der Waals surface area contributed by atoms with Crippen molar-refractivity contribution < 1.29 is 99.0 Å². The third kappa shape index (κ3) is 15.0. The third-order valence-electron chi connectivity index (χ3n) is 4.14. The number of carboxylic acids is 8. The molecule has 0 aliphatic heterocycles. The number of hydrogen-bond acceptors (Lipinski definition) is 12. The zero-order valence-electron chi connectivity index (χ0n) is 18.8. The van der Waals surface area contributed by atoms with Crippen LogP contribution in [0.25, 0.3) is 0 Å². The van der Waals surface area contributed by atoms with Crippen LogP contribution in [-0.4, -0.2) is 167 Å². The summed E-state index contributed by atoms with van der Waals surface area (Å²) in [7, 11) is 0. The van der Waals surface area contributed by atoms with Crippen LogP contribution in [0.4, 0.5) is 0 Å². The Morgan fingerprint density at radius 1 is 0.436 bits per heavy atom. The molecule has 0 radical (unpaired) electrons. The van der Waals surface area contributed by atoms with Crippen molar-refractivity contribution in [1.29, 1.82) is 0 Å². The molecule has 0 aliphatic rings. The maximum absolute atomic E-state index is 11.7. The number of esters is 1. The van der Waals surface area contributed by atoms with E-state index in [0.29, 0.717) is 0 Å². The van der Waals surface area contributed by atoms with Crippen molar-refractivity contribution in [1.82, 2.24) is 0 Å². The summed E-state index contributed by atoms with van der Waals surface area (Å²) in [5.74, 6) is -16.6. The van der Waals surface area contributed by atoms with E-state index in [4.69, 9.17) is 46.0 Å². The number of carbonyl (C=O) groups excluding carboxylic acids is 1. The molecule has 39 heavy (non-hydrogen) atoms. The van der Waals surface area contributed by atoms with E-state index < -0.39 is 109 Å². The van der Waals surface area contributed by atoms with Gasteiger partial charge in [0.2, 0.25) is 5.60 Å². The Labute approximate surface area is 252 Å². The second kappa shape index (κ2) is 16.6. The molecule has 0 aromatic heterocycles. The fourth-order valence-electron chi connectivity index (χ4n) is 2.49. The Balaban J connectivity index is -0.000000783. The summed E-state index contributed by atoms with van der Waals surface area (Å²) in [5, 5.41) is 87.3. The number of aliphatic hydroxyl groups is 2. The molecule has 0 rings (SSSR count). The molecule has 0 fully saturated rings. The van der Waals surface area contributed by atoms with Crippen LogP contribution in [0.3, 0.4) is 0 Å². The molecule has 0 heterocycles. The Morgan fingerprint density at radius 2 is 0.692 bits per heavy atom. The molecule has 218 valence electrons. The van der Waals surface area contributed by atoms with Crippen LogP contribution in [0.5, 0.6) is 0 Å². The molecule has 0 saturated heterocycles. The second-order valence-corrected chi connectivity index (χ2v) is 7.48. The first-order valence-corrected chi connectivity index (χ1v) is 9.47. The minimum absolute atomic E-state index is 0. The van der Waals surface area contributed by atoms with Gasteiger partial charge in [0.15, 0.2) is 11.2 Å². The van der Waals surface area contributed by atoms with Gasteiger partial charge in [-0.3, -0.25) is 28.8 Å². The Bertz CT molecular complexity index is 969. The summed E-state index contributed by atoms with van der Waals surface area (Å²) in [4.78, 5) is 96.4. The van der Waals surface area contributed by atoms with E-state index in [0.717, 1.165) is 0 Å². The van der Waals surface area contributed by atoms with E-state index in [1.54, 1.807) is 0 Å². The fraction of sp³-hybridized carbons (Fsp3) is 0.500. The summed E-state index contributed by atoms with van der Waals surface area (Å²) in [6.07, 6.45) is -8.23. The van der Waals surface area contributed by atoms with Gasteiger partial charge < -0.3 is 55.8 Å². The summed E-state index contributed by atoms with van der Waals surface area (Å²) >= 11 is 0. The average Bonchev–Trinajstić information content (AvgIpc) is 2.64. The van der Waals surface area contributed by atoms with Crippen molar-refractivity contribution in [2.45, 2.75) is 55.3 Å². The van der Waals surface area contributed by atoms with Gasteiger partial charge in [-0.15, -0.1) is 0 Å². The maximum atomic E-state index is 11.7. The Morgan fingerprint density at radius 3 is 0.897 bits per heavy atom. The molecule has 21 heteroatoms. The van der Waals surface area contributed by atoms with E-state index >= 15 is 0 Å². The molecular weight excluding hydrogens is 624 g/mol. The summed E-state index contributed by atoms with van der Waals surface area (Å²) in [6.45, 7) is 0. The van der Waals surface area contributed by atoms with Gasteiger partial charge in [0.05, 0.1) is 38.5 Å². The van der Waals surface area contributed by atoms with Gasteiger partial charge in [-0.2, -0.15) is 0 Å². The van der Waals surface area contributed by atoms with Gasteiger partial charge in [0, 0.05) is 0 Å². The minimum atomic E-state index is -3.17. The van der Waals surface area contributed by atoms with Crippen LogP contribution in [0.15, 0.2) is 0 Å². The number of rotatable bonds is 16. The predicted molar refractivity (Wildman–Crippen MR) is 116 cm³/mol. The first kappa shape index (κ1) is 40.1. The third-order valence-corrected chi connectivity index (χ3v) is 4.14. The molecule has 0 bridgehead atoms. The van der Waals surface area contributed by atoms with Crippen molar-refractivity contribution in [2.24, 2.45) is 0 Å². The van der Waals surface area contributed by atoms with Crippen LogP contribution in [0, 0.1) is 0 Å². The van der Waals surface area contributed by atoms with Gasteiger partial charge in [0.1, 0.15) is 0 Å². The van der Waals surface area contributed by atoms with E-state index in [1.165, 1.54) is 0 Å². The summed E-state index contributed by atoms with van der Waals surface area (Å²) < 4.78 is 4.33. The number of hydrogen-bond donors (Lipinski definition) is 10. The first-order chi connectivity index (χ1) is 17.0. The predicted octanol–water partition coefficient (Wildman–Crippen LogP) is -4.18. The van der Waals surface area contributed by atoms with Crippen LogP contribution in [0.1, 0.15) is 38.5 Å². The fourth-order valence-corrected chi connectivity index (χ4v) is 2.49. The van der Waals surface area contributed by atoms with Crippen molar-refractivity contribution in [2.75, 3.05) is 0 Å². The van der Waals surface area contributed by atoms with E-state index in [2.05, 4.69) is 4.74 Å². The van der Waals surface area contributed by atoms with E-state index in [-0.39, 0.29) is 45.5 Å². The molecule has 1 unspecified atom stereocenters. The summed E-state index contributed by atoms with van der Waals surface area (Å²) in [6, 6.07) is 0. The molecule has 0 aliphatic carbocycles. The van der Waals surface area contributed by atoms with E-state index in [9.17, 15) is 48.3 Å². The topological polar surface area (TPSA) is 365 Å². The SMILES string of the molecule is O=C(O)CC(O)(CC(=O)O)C(=O)O.O=C(O)CC(O)(CC(=O)OC(CC(=O)O)(CC(=O)O)C(=O)O)C(=O)O.[SrH2]. The monoisotopic (exact) mass is 648 g/mol. The van der Waals surface area contributed by atoms with E-state index in [1.807, 2.05) is 0 Å². The Kier molecular flexibility index (Phi) is 17.0. The van der Waals surface area contributed by atoms with Crippen molar-refractivity contribution in [3.05, 3.63) is 0 Å². The first-order valence-electron chi connectivity index (χ1n) is 9.47. The molecule has 0 saturated carbocycles. The van der Waals surface area contributed by atoms with Crippen molar-refractivity contribution in [3.63, 3.8) is 0 Å². The summed E-state index contributed by atoms with van der Waals surface area (Å²) in [5.41, 5.74) is -8.98. The van der Waals surface area contributed by atoms with Crippen LogP contribution < -0.4 is 0 Å². The average molecular weight is 648 g/mol. The normalized spacial score (nSPS) is 12.2. The Hall–Kier alpha value is -3.37. The standard InChI is InChI=1S/C12H14O13.C6H8O7.Sr.2H/c13-5(14)1-11(24,9(20)21)4-8(19)25-12(10(22)23,2-6(15)16)3-7(17)18;7-3(8)1-6(13,5(11)12)2-4(9)10;;;/h24H,1-4H2,(H,13,14)(H,15,16)(H,17,18)(H,20,21)(H,22,23);13H,1-2H2,(H,7,8)(H,9,10)(H,11,12);;;. The van der Waals surface area contributed by atoms with Gasteiger partial charge in [0.25, 0.3) is 0 Å². The number of carboxylic acid groups (broad SMARTS) is 8. The number of ether oxygens (including phenoxy) is 1. The number of carbonyl (C=O) groups is 9. The van der Waals surface area contributed by atoms with Gasteiger partial charge in [-0.25, -0.2) is 14.4 Å².